The van der Waals surface area contributed by atoms with Crippen molar-refractivity contribution in [1.82, 2.24) is 4.90 Å². The van der Waals surface area contributed by atoms with Crippen molar-refractivity contribution in [3.63, 3.8) is 0 Å². The molecule has 0 spiro atoms. The van der Waals surface area contributed by atoms with Gasteiger partial charge in [-0.05, 0) is 74.9 Å². The highest BCUT2D eigenvalue weighted by Gasteiger charge is 2.41. The van der Waals surface area contributed by atoms with Crippen LogP contribution < -0.4 is 10.1 Å². The summed E-state index contributed by atoms with van der Waals surface area (Å²) in [5.41, 5.74) is 2.78. The smallest absolute Gasteiger partial charge is 0.235 e. The number of carbonyl (C=O) groups is 1. The maximum atomic E-state index is 13.5. The molecule has 172 valence electrons. The quantitative estimate of drug-likeness (QED) is 0.586. The molecule has 0 radical (unpaired) electrons. The van der Waals surface area contributed by atoms with Crippen molar-refractivity contribution in [2.24, 2.45) is 5.92 Å². The number of amides is 1. The second kappa shape index (κ2) is 10.5. The van der Waals surface area contributed by atoms with Gasteiger partial charge >= 0.3 is 0 Å². The van der Waals surface area contributed by atoms with Gasteiger partial charge in [0.15, 0.2) is 0 Å². The van der Waals surface area contributed by atoms with E-state index in [1.54, 1.807) is 0 Å². The summed E-state index contributed by atoms with van der Waals surface area (Å²) in [5.74, 6) is 1.77. The fraction of sp³-hybridized carbons (Fsp3) is 0.536. The number of piperidine rings is 1. The van der Waals surface area contributed by atoms with Crippen LogP contribution >= 0.6 is 0 Å². The van der Waals surface area contributed by atoms with Gasteiger partial charge in [0.05, 0.1) is 5.41 Å². The standard InChI is InChI=1S/C28H38N2O2/c1-22-8-6-10-24(20-22)28(15-4-3-5-16-28)27(31)29-25-11-13-26(14-12-25)32-19-18-30-17-7-9-23(2)21-30/h6,8,10-14,20,23H,3-5,7,9,15-19,21H2,1-2H3,(H,29,31). The lowest BCUT2D eigenvalue weighted by Crippen LogP contribution is -2.42. The summed E-state index contributed by atoms with van der Waals surface area (Å²) in [4.78, 5) is 16.0. The Kier molecular flexibility index (Phi) is 7.51. The zero-order valence-corrected chi connectivity index (χ0v) is 19.7. The summed E-state index contributed by atoms with van der Waals surface area (Å²) >= 11 is 0. The van der Waals surface area contributed by atoms with Crippen LogP contribution in [0.3, 0.4) is 0 Å². The molecule has 1 aliphatic carbocycles. The lowest BCUT2D eigenvalue weighted by molar-refractivity contribution is -0.122. The van der Waals surface area contributed by atoms with Gasteiger partial charge in [0.2, 0.25) is 5.91 Å². The average molecular weight is 435 g/mol. The van der Waals surface area contributed by atoms with Crippen LogP contribution in [-0.4, -0.2) is 37.0 Å². The van der Waals surface area contributed by atoms with Gasteiger partial charge < -0.3 is 10.1 Å². The first-order chi connectivity index (χ1) is 15.5. The normalized spacial score (nSPS) is 21.1. The molecule has 2 aromatic rings. The Bertz CT molecular complexity index is 887. The number of hydrogen-bond donors (Lipinski definition) is 1. The van der Waals surface area contributed by atoms with Crippen molar-refractivity contribution in [1.29, 1.82) is 0 Å². The van der Waals surface area contributed by atoms with Crippen LogP contribution in [0.5, 0.6) is 5.75 Å². The van der Waals surface area contributed by atoms with Gasteiger partial charge in [0, 0.05) is 18.8 Å². The molecule has 1 unspecified atom stereocenters. The fourth-order valence-corrected chi connectivity index (χ4v) is 5.41. The van der Waals surface area contributed by atoms with Crippen molar-refractivity contribution in [3.8, 4) is 5.75 Å². The van der Waals surface area contributed by atoms with Crippen molar-refractivity contribution < 1.29 is 9.53 Å². The van der Waals surface area contributed by atoms with Crippen LogP contribution in [0.15, 0.2) is 48.5 Å². The Hall–Kier alpha value is -2.33. The van der Waals surface area contributed by atoms with Crippen molar-refractivity contribution in [3.05, 3.63) is 59.7 Å². The Labute approximate surface area is 193 Å². The molecule has 1 N–H and O–H groups in total. The summed E-state index contributed by atoms with van der Waals surface area (Å²) in [7, 11) is 0. The van der Waals surface area contributed by atoms with Crippen LogP contribution in [0.2, 0.25) is 0 Å². The van der Waals surface area contributed by atoms with Gasteiger partial charge in [-0.3, -0.25) is 9.69 Å². The molecule has 4 heteroatoms. The zero-order valence-electron chi connectivity index (χ0n) is 19.7. The molecular weight excluding hydrogens is 396 g/mol. The topological polar surface area (TPSA) is 41.6 Å². The molecule has 1 saturated heterocycles. The van der Waals surface area contributed by atoms with Gasteiger partial charge in [-0.15, -0.1) is 0 Å². The first kappa shape index (κ1) is 22.8. The number of hydrogen-bond acceptors (Lipinski definition) is 3. The highest BCUT2D eigenvalue weighted by Crippen LogP contribution is 2.40. The summed E-state index contributed by atoms with van der Waals surface area (Å²) < 4.78 is 5.97. The van der Waals surface area contributed by atoms with Crippen LogP contribution in [0.1, 0.15) is 63.0 Å². The molecule has 2 aliphatic rings. The predicted octanol–water partition coefficient (Wildman–Crippen LogP) is 5.95. The van der Waals surface area contributed by atoms with E-state index in [0.29, 0.717) is 6.61 Å². The van der Waals surface area contributed by atoms with E-state index in [-0.39, 0.29) is 5.91 Å². The Morgan fingerprint density at radius 2 is 1.88 bits per heavy atom. The van der Waals surface area contributed by atoms with E-state index in [0.717, 1.165) is 55.1 Å². The maximum absolute atomic E-state index is 13.5. The molecule has 1 atom stereocenters. The molecule has 2 aromatic carbocycles. The molecule has 1 aliphatic heterocycles. The number of ether oxygens (including phenoxy) is 1. The van der Waals surface area contributed by atoms with E-state index >= 15 is 0 Å². The molecule has 0 aromatic heterocycles. The third-order valence-corrected chi connectivity index (χ3v) is 7.24. The molecule has 0 bridgehead atoms. The highest BCUT2D eigenvalue weighted by atomic mass is 16.5. The zero-order chi connectivity index (χ0) is 22.4. The number of likely N-dealkylation sites (tertiary alicyclic amines) is 1. The van der Waals surface area contributed by atoms with Gasteiger partial charge in [0.1, 0.15) is 12.4 Å². The number of nitrogens with one attached hydrogen (secondary N) is 1. The molecular formula is C28H38N2O2. The van der Waals surface area contributed by atoms with Gasteiger partial charge in [-0.25, -0.2) is 0 Å². The molecule has 1 amide bonds. The largest absolute Gasteiger partial charge is 0.492 e. The number of anilines is 1. The minimum atomic E-state index is -0.426. The minimum Gasteiger partial charge on any atom is -0.492 e. The highest BCUT2D eigenvalue weighted by molar-refractivity contribution is 5.99. The number of carbonyl (C=O) groups excluding carboxylic acids is 1. The van der Waals surface area contributed by atoms with Crippen LogP contribution in [0.25, 0.3) is 0 Å². The first-order valence-corrected chi connectivity index (χ1v) is 12.4. The summed E-state index contributed by atoms with van der Waals surface area (Å²) in [6.07, 6.45) is 7.88. The van der Waals surface area contributed by atoms with Crippen molar-refractivity contribution in [2.75, 3.05) is 31.6 Å². The lowest BCUT2D eigenvalue weighted by atomic mass is 9.68. The second-order valence-electron chi connectivity index (χ2n) is 9.89. The van der Waals surface area contributed by atoms with Crippen LogP contribution in [0, 0.1) is 12.8 Å². The number of aryl methyl sites for hydroxylation is 1. The van der Waals surface area contributed by atoms with E-state index in [1.165, 1.54) is 37.9 Å². The SMILES string of the molecule is Cc1cccc(C2(C(=O)Nc3ccc(OCCN4CCCC(C)C4)cc3)CCCCC2)c1. The molecule has 4 rings (SSSR count). The number of rotatable bonds is 7. The van der Waals surface area contributed by atoms with Gasteiger partial charge in [-0.1, -0.05) is 56.0 Å². The second-order valence-corrected chi connectivity index (χ2v) is 9.89. The van der Waals surface area contributed by atoms with Crippen molar-refractivity contribution >= 4 is 11.6 Å². The Morgan fingerprint density at radius 3 is 2.59 bits per heavy atom. The van der Waals surface area contributed by atoms with E-state index in [4.69, 9.17) is 4.74 Å². The predicted molar refractivity (Wildman–Crippen MR) is 131 cm³/mol. The average Bonchev–Trinajstić information content (AvgIpc) is 2.81. The Morgan fingerprint density at radius 1 is 1.09 bits per heavy atom. The minimum absolute atomic E-state index is 0.121. The van der Waals surface area contributed by atoms with E-state index in [1.807, 2.05) is 24.3 Å². The molecule has 1 heterocycles. The number of benzene rings is 2. The molecule has 32 heavy (non-hydrogen) atoms. The fourth-order valence-electron chi connectivity index (χ4n) is 5.41. The molecule has 2 fully saturated rings. The summed E-state index contributed by atoms with van der Waals surface area (Å²) in [6, 6.07) is 16.3. The van der Waals surface area contributed by atoms with Gasteiger partial charge in [-0.2, -0.15) is 0 Å². The van der Waals surface area contributed by atoms with E-state index in [2.05, 4.69) is 48.3 Å². The first-order valence-electron chi connectivity index (χ1n) is 12.4. The van der Waals surface area contributed by atoms with Crippen LogP contribution in [0.4, 0.5) is 5.69 Å². The third-order valence-electron chi connectivity index (χ3n) is 7.24. The van der Waals surface area contributed by atoms with Crippen LogP contribution in [-0.2, 0) is 10.2 Å². The van der Waals surface area contributed by atoms with Gasteiger partial charge in [0.25, 0.3) is 0 Å². The molecule has 4 nitrogen and oxygen atoms in total. The lowest BCUT2D eigenvalue weighted by Gasteiger charge is -2.36. The van der Waals surface area contributed by atoms with Crippen molar-refractivity contribution in [2.45, 2.75) is 64.2 Å². The summed E-state index contributed by atoms with van der Waals surface area (Å²) in [5, 5.41) is 3.21. The molecule has 1 saturated carbocycles. The Balaban J connectivity index is 1.36. The number of nitrogens with zero attached hydrogens (tertiary/aromatic N) is 1. The maximum Gasteiger partial charge on any atom is 0.235 e. The van der Waals surface area contributed by atoms with E-state index in [9.17, 15) is 4.79 Å². The van der Waals surface area contributed by atoms with E-state index < -0.39 is 5.41 Å². The third kappa shape index (κ3) is 5.53. The summed E-state index contributed by atoms with van der Waals surface area (Å²) in [6.45, 7) is 8.47. The monoisotopic (exact) mass is 434 g/mol.